The van der Waals surface area contributed by atoms with Gasteiger partial charge in [0.05, 0.1) is 50.4 Å². The maximum absolute atomic E-state index is 5.52. The summed E-state index contributed by atoms with van der Waals surface area (Å²) in [6.45, 7) is 0. The molecular weight excluding hydrogens is 809 g/mol. The van der Waals surface area contributed by atoms with E-state index in [9.17, 15) is 0 Å². The zero-order valence-electron chi connectivity index (χ0n) is 35.4. The smallest absolute Gasteiger partial charge is 0.221 e. The van der Waals surface area contributed by atoms with Crippen molar-refractivity contribution in [3.63, 3.8) is 0 Å². The lowest BCUT2D eigenvalue weighted by atomic mass is 10.0. The Morgan fingerprint density at radius 3 is 1.21 bits per heavy atom. The van der Waals surface area contributed by atoms with E-state index in [4.69, 9.17) is 29.9 Å². The fourth-order valence-corrected chi connectivity index (χ4v) is 9.17. The summed E-state index contributed by atoms with van der Waals surface area (Å²) < 4.78 is 4.49. The molecule has 66 heavy (non-hydrogen) atoms. The number of benzene rings is 8. The molecule has 0 saturated carbocycles. The molecule has 0 amide bonds. The van der Waals surface area contributed by atoms with E-state index >= 15 is 0 Å². The Hall–Kier alpha value is -9.14. The van der Waals surface area contributed by atoms with Crippen molar-refractivity contribution in [3.05, 3.63) is 218 Å². The van der Waals surface area contributed by atoms with Crippen LogP contribution in [0.5, 0.6) is 0 Å². The van der Waals surface area contributed by atoms with Gasteiger partial charge in [0.25, 0.3) is 0 Å². The maximum Gasteiger partial charge on any atom is 0.221 e. The standard InChI is InChI=1S/C58H36N8/c1-5-17-37(18-6-1)48-35-50(61-55(59-48)39-21-9-3-10-22-39)41-29-31-43-44-32-30-42(51-36-49(38-19-7-2-8-20-38)60-56(62-51)40-23-11-4-12-24-40)34-54(44)65(53(43)33-41)58-64-46-26-14-13-25-45(46)57-63-47-27-15-16-28-52(47)66(57)58/h1-36H. The summed E-state index contributed by atoms with van der Waals surface area (Å²) in [5.74, 6) is 2.05. The van der Waals surface area contributed by atoms with Crippen molar-refractivity contribution in [1.29, 1.82) is 0 Å². The summed E-state index contributed by atoms with van der Waals surface area (Å²) in [7, 11) is 0. The minimum atomic E-state index is 0.662. The van der Waals surface area contributed by atoms with Crippen molar-refractivity contribution in [2.75, 3.05) is 0 Å². The summed E-state index contributed by atoms with van der Waals surface area (Å²) >= 11 is 0. The van der Waals surface area contributed by atoms with E-state index in [0.29, 0.717) is 11.6 Å². The van der Waals surface area contributed by atoms with Crippen molar-refractivity contribution >= 4 is 49.4 Å². The number of hydrogen-bond acceptors (Lipinski definition) is 6. The Balaban J connectivity index is 1.11. The second kappa shape index (κ2) is 15.3. The second-order valence-corrected chi connectivity index (χ2v) is 16.4. The van der Waals surface area contributed by atoms with Gasteiger partial charge in [0.2, 0.25) is 5.95 Å². The molecule has 13 rings (SSSR count). The average molecular weight is 845 g/mol. The van der Waals surface area contributed by atoms with Gasteiger partial charge in [-0.3, -0.25) is 8.97 Å². The van der Waals surface area contributed by atoms with Crippen molar-refractivity contribution in [1.82, 2.24) is 38.9 Å². The van der Waals surface area contributed by atoms with Gasteiger partial charge in [-0.2, -0.15) is 0 Å². The first-order valence-corrected chi connectivity index (χ1v) is 22.0. The fourth-order valence-electron chi connectivity index (χ4n) is 9.17. The van der Waals surface area contributed by atoms with E-state index in [1.807, 2.05) is 91.0 Å². The van der Waals surface area contributed by atoms with Gasteiger partial charge in [-0.05, 0) is 48.5 Å². The minimum absolute atomic E-state index is 0.662. The third-order valence-corrected chi connectivity index (χ3v) is 12.3. The van der Waals surface area contributed by atoms with Gasteiger partial charge in [0.1, 0.15) is 5.65 Å². The first kappa shape index (κ1) is 37.4. The Labute approximate surface area is 378 Å². The first-order chi connectivity index (χ1) is 32.7. The number of nitrogens with zero attached hydrogens (tertiary/aromatic N) is 8. The van der Waals surface area contributed by atoms with Crippen LogP contribution in [0.2, 0.25) is 0 Å². The molecule has 0 fully saturated rings. The molecule has 0 bridgehead atoms. The van der Waals surface area contributed by atoms with E-state index in [1.54, 1.807) is 0 Å². The molecule has 8 heteroatoms. The van der Waals surface area contributed by atoms with Gasteiger partial charge in [-0.15, -0.1) is 0 Å². The Morgan fingerprint density at radius 2 is 0.697 bits per heavy atom. The molecule has 308 valence electrons. The SMILES string of the molecule is c1ccc(-c2cc(-c3ccc4c5ccc(-c6cc(-c7ccccc7)nc(-c7ccccc7)n6)cc5n(-c5nc6ccccc6c6nc7ccccc7n56)c4c3)nc(-c3ccccc3)n2)cc1. The predicted molar refractivity (Wildman–Crippen MR) is 266 cm³/mol. The molecule has 0 aliphatic carbocycles. The highest BCUT2D eigenvalue weighted by Gasteiger charge is 2.22. The fraction of sp³-hybridized carbons (Fsp3) is 0. The largest absolute Gasteiger partial charge is 0.279 e. The van der Waals surface area contributed by atoms with E-state index in [2.05, 4.69) is 136 Å². The summed E-state index contributed by atoms with van der Waals surface area (Å²) in [6.07, 6.45) is 0. The molecule has 0 saturated heterocycles. The van der Waals surface area contributed by atoms with Gasteiger partial charge >= 0.3 is 0 Å². The molecule has 0 radical (unpaired) electrons. The molecule has 0 aliphatic heterocycles. The topological polar surface area (TPSA) is 86.7 Å². The highest BCUT2D eigenvalue weighted by molar-refractivity contribution is 6.11. The van der Waals surface area contributed by atoms with Crippen LogP contribution in [0.3, 0.4) is 0 Å². The van der Waals surface area contributed by atoms with Crippen LogP contribution >= 0.6 is 0 Å². The zero-order chi connectivity index (χ0) is 43.6. The molecule has 0 N–H and O–H groups in total. The minimum Gasteiger partial charge on any atom is -0.279 e. The van der Waals surface area contributed by atoms with Crippen LogP contribution in [0.1, 0.15) is 0 Å². The highest BCUT2D eigenvalue weighted by atomic mass is 15.2. The number of hydrogen-bond donors (Lipinski definition) is 0. The lowest BCUT2D eigenvalue weighted by molar-refractivity contribution is 0.979. The average Bonchev–Trinajstić information content (AvgIpc) is 3.95. The molecule has 0 spiro atoms. The molecule has 0 aliphatic rings. The lowest BCUT2D eigenvalue weighted by Gasteiger charge is -2.14. The summed E-state index contributed by atoms with van der Waals surface area (Å²) in [4.78, 5) is 31.4. The normalized spacial score (nSPS) is 11.6. The number of aromatic nitrogens is 8. The summed E-state index contributed by atoms with van der Waals surface area (Å²) in [5.41, 5.74) is 14.7. The van der Waals surface area contributed by atoms with Crippen molar-refractivity contribution in [2.24, 2.45) is 0 Å². The van der Waals surface area contributed by atoms with Crippen LogP contribution in [0.15, 0.2) is 218 Å². The third-order valence-electron chi connectivity index (χ3n) is 12.3. The predicted octanol–water partition coefficient (Wildman–Crippen LogP) is 13.7. The first-order valence-electron chi connectivity index (χ1n) is 22.0. The summed E-state index contributed by atoms with van der Waals surface area (Å²) in [5, 5.41) is 3.13. The van der Waals surface area contributed by atoms with Gasteiger partial charge in [-0.1, -0.05) is 170 Å². The molecule has 5 heterocycles. The lowest BCUT2D eigenvalue weighted by Crippen LogP contribution is -2.06. The molecule has 0 unspecified atom stereocenters. The van der Waals surface area contributed by atoms with Crippen LogP contribution in [-0.2, 0) is 0 Å². The highest BCUT2D eigenvalue weighted by Crippen LogP contribution is 2.39. The number of fused-ring (bicyclic) bond motifs is 8. The van der Waals surface area contributed by atoms with Gasteiger partial charge in [0.15, 0.2) is 11.6 Å². The number of para-hydroxylation sites is 3. The Morgan fingerprint density at radius 1 is 0.273 bits per heavy atom. The zero-order valence-corrected chi connectivity index (χ0v) is 35.4. The van der Waals surface area contributed by atoms with Crippen molar-refractivity contribution < 1.29 is 0 Å². The second-order valence-electron chi connectivity index (χ2n) is 16.4. The van der Waals surface area contributed by atoms with E-state index in [0.717, 1.165) is 111 Å². The third kappa shape index (κ3) is 6.31. The Bertz CT molecular complexity index is 3680. The number of imidazole rings is 1. The van der Waals surface area contributed by atoms with E-state index in [1.165, 1.54) is 0 Å². The van der Waals surface area contributed by atoms with E-state index < -0.39 is 0 Å². The molecule has 8 nitrogen and oxygen atoms in total. The Kier molecular flexibility index (Phi) is 8.67. The maximum atomic E-state index is 5.52. The molecule has 0 atom stereocenters. The van der Waals surface area contributed by atoms with Crippen LogP contribution < -0.4 is 0 Å². The molecule has 8 aromatic carbocycles. The quantitative estimate of drug-likeness (QED) is 0.159. The monoisotopic (exact) mass is 844 g/mol. The number of rotatable bonds is 7. The van der Waals surface area contributed by atoms with Crippen molar-refractivity contribution in [2.45, 2.75) is 0 Å². The van der Waals surface area contributed by atoms with Crippen LogP contribution in [0, 0.1) is 0 Å². The van der Waals surface area contributed by atoms with Gasteiger partial charge in [-0.25, -0.2) is 29.9 Å². The van der Waals surface area contributed by atoms with Crippen molar-refractivity contribution in [3.8, 4) is 73.8 Å². The van der Waals surface area contributed by atoms with Gasteiger partial charge in [0, 0.05) is 49.5 Å². The molecular formula is C58H36N8. The molecule has 5 aromatic heterocycles. The van der Waals surface area contributed by atoms with Crippen LogP contribution in [-0.4, -0.2) is 38.9 Å². The van der Waals surface area contributed by atoms with Gasteiger partial charge < -0.3 is 0 Å². The van der Waals surface area contributed by atoms with Crippen LogP contribution in [0.25, 0.3) is 123 Å². The molecule has 13 aromatic rings. The van der Waals surface area contributed by atoms with E-state index in [-0.39, 0.29) is 0 Å². The summed E-state index contributed by atoms with van der Waals surface area (Å²) in [6, 6.07) is 74.9. The van der Waals surface area contributed by atoms with Crippen LogP contribution in [0.4, 0.5) is 0 Å².